The van der Waals surface area contributed by atoms with Crippen molar-refractivity contribution in [3.8, 4) is 5.75 Å². The summed E-state index contributed by atoms with van der Waals surface area (Å²) in [6.07, 6.45) is -1.65. The molecule has 124 valence electrons. The minimum atomic E-state index is -4.69. The first kappa shape index (κ1) is 17.1. The lowest BCUT2D eigenvalue weighted by Gasteiger charge is -2.43. The van der Waals surface area contributed by atoms with Crippen LogP contribution in [-0.4, -0.2) is 43.1 Å². The molecule has 3 nitrogen and oxygen atoms in total. The molecule has 0 aliphatic heterocycles. The number of halogens is 3. The maximum atomic E-state index is 12.2. The van der Waals surface area contributed by atoms with Gasteiger partial charge in [0.2, 0.25) is 0 Å². The molecule has 0 saturated heterocycles. The molecule has 1 aromatic carbocycles. The van der Waals surface area contributed by atoms with Crippen LogP contribution in [0.4, 0.5) is 13.2 Å². The van der Waals surface area contributed by atoms with Crippen molar-refractivity contribution in [2.24, 2.45) is 0 Å². The van der Waals surface area contributed by atoms with Gasteiger partial charge in [-0.2, -0.15) is 0 Å². The standard InChI is InChI=1S/C16H22F3NO2/c1-20(2)11-15(10-4-3-5-14(15)21)12-6-8-13(9-7-12)22-16(17,18)19/h6-9,14,21H,3-5,10-11H2,1-2H3/t14-,15+/m0/s1. The molecule has 1 aliphatic carbocycles. The summed E-state index contributed by atoms with van der Waals surface area (Å²) in [7, 11) is 3.87. The summed E-state index contributed by atoms with van der Waals surface area (Å²) in [5.74, 6) is -0.235. The molecule has 0 unspecified atom stereocenters. The molecule has 1 N–H and O–H groups in total. The Morgan fingerprint density at radius 3 is 2.36 bits per heavy atom. The fraction of sp³-hybridized carbons (Fsp3) is 0.625. The van der Waals surface area contributed by atoms with Crippen molar-refractivity contribution in [2.45, 2.75) is 43.6 Å². The van der Waals surface area contributed by atoms with Gasteiger partial charge in [0.1, 0.15) is 5.75 Å². The molecule has 0 heterocycles. The van der Waals surface area contributed by atoms with Crippen LogP contribution >= 0.6 is 0 Å². The van der Waals surface area contributed by atoms with Gasteiger partial charge in [0, 0.05) is 12.0 Å². The van der Waals surface area contributed by atoms with Crippen LogP contribution in [0.2, 0.25) is 0 Å². The van der Waals surface area contributed by atoms with Gasteiger partial charge < -0.3 is 14.7 Å². The summed E-state index contributed by atoms with van der Waals surface area (Å²) in [5.41, 5.74) is 0.432. The van der Waals surface area contributed by atoms with Crippen LogP contribution in [0.15, 0.2) is 24.3 Å². The fourth-order valence-corrected chi connectivity index (χ4v) is 3.39. The van der Waals surface area contributed by atoms with Gasteiger partial charge in [-0.3, -0.25) is 0 Å². The van der Waals surface area contributed by atoms with E-state index in [1.807, 2.05) is 19.0 Å². The van der Waals surface area contributed by atoms with Crippen LogP contribution in [0.5, 0.6) is 5.75 Å². The van der Waals surface area contributed by atoms with E-state index in [2.05, 4.69) is 4.74 Å². The first-order chi connectivity index (χ1) is 10.2. The van der Waals surface area contributed by atoms with E-state index in [0.717, 1.165) is 24.8 Å². The number of aliphatic hydroxyl groups excluding tert-OH is 1. The number of nitrogens with zero attached hydrogens (tertiary/aromatic N) is 1. The Bertz CT molecular complexity index is 487. The zero-order valence-corrected chi connectivity index (χ0v) is 12.9. The molecule has 22 heavy (non-hydrogen) atoms. The highest BCUT2D eigenvalue weighted by atomic mass is 19.4. The zero-order chi connectivity index (χ0) is 16.4. The second-order valence-electron chi connectivity index (χ2n) is 6.23. The fourth-order valence-electron chi connectivity index (χ4n) is 3.39. The van der Waals surface area contributed by atoms with Crippen molar-refractivity contribution < 1.29 is 23.0 Å². The smallest absolute Gasteiger partial charge is 0.406 e. The molecule has 2 rings (SSSR count). The van der Waals surface area contributed by atoms with Gasteiger partial charge in [-0.15, -0.1) is 13.2 Å². The first-order valence-electron chi connectivity index (χ1n) is 7.42. The van der Waals surface area contributed by atoms with Gasteiger partial charge in [-0.05, 0) is 44.6 Å². The third-order valence-electron chi connectivity index (χ3n) is 4.25. The van der Waals surface area contributed by atoms with Crippen molar-refractivity contribution in [1.82, 2.24) is 4.90 Å². The largest absolute Gasteiger partial charge is 0.573 e. The van der Waals surface area contributed by atoms with E-state index < -0.39 is 17.9 Å². The van der Waals surface area contributed by atoms with Crippen molar-refractivity contribution in [3.05, 3.63) is 29.8 Å². The van der Waals surface area contributed by atoms with Gasteiger partial charge in [0.15, 0.2) is 0 Å². The Kier molecular flexibility index (Phi) is 5.02. The van der Waals surface area contributed by atoms with Gasteiger partial charge >= 0.3 is 6.36 Å². The predicted octanol–water partition coefficient (Wildman–Crippen LogP) is 3.32. The molecule has 6 heteroatoms. The lowest BCUT2D eigenvalue weighted by atomic mass is 9.67. The van der Waals surface area contributed by atoms with Gasteiger partial charge in [-0.25, -0.2) is 0 Å². The van der Waals surface area contributed by atoms with Gasteiger partial charge in [0.25, 0.3) is 0 Å². The molecule has 1 fully saturated rings. The Morgan fingerprint density at radius 1 is 1.23 bits per heavy atom. The van der Waals surface area contributed by atoms with Crippen LogP contribution in [0.3, 0.4) is 0 Å². The number of alkyl halides is 3. The van der Waals surface area contributed by atoms with Crippen molar-refractivity contribution in [1.29, 1.82) is 0 Å². The van der Waals surface area contributed by atoms with Gasteiger partial charge in [0.05, 0.1) is 6.10 Å². The zero-order valence-electron chi connectivity index (χ0n) is 12.9. The third kappa shape index (κ3) is 3.93. The molecular weight excluding hydrogens is 295 g/mol. The van der Waals surface area contributed by atoms with E-state index in [1.165, 1.54) is 12.1 Å². The Balaban J connectivity index is 2.28. The number of hydrogen-bond acceptors (Lipinski definition) is 3. The van der Waals surface area contributed by atoms with Crippen molar-refractivity contribution >= 4 is 0 Å². The quantitative estimate of drug-likeness (QED) is 0.925. The second-order valence-corrected chi connectivity index (χ2v) is 6.23. The van der Waals surface area contributed by atoms with Gasteiger partial charge in [-0.1, -0.05) is 25.0 Å². The second kappa shape index (κ2) is 6.46. The first-order valence-corrected chi connectivity index (χ1v) is 7.42. The topological polar surface area (TPSA) is 32.7 Å². The molecule has 0 radical (unpaired) electrons. The average molecular weight is 317 g/mol. The molecule has 2 atom stereocenters. The maximum Gasteiger partial charge on any atom is 0.573 e. The van der Waals surface area contributed by atoms with Crippen molar-refractivity contribution in [2.75, 3.05) is 20.6 Å². The predicted molar refractivity (Wildman–Crippen MR) is 77.8 cm³/mol. The maximum absolute atomic E-state index is 12.2. The minimum Gasteiger partial charge on any atom is -0.406 e. The lowest BCUT2D eigenvalue weighted by molar-refractivity contribution is -0.274. The molecule has 0 aromatic heterocycles. The summed E-state index contributed by atoms with van der Waals surface area (Å²) in [5, 5.41) is 10.5. The summed E-state index contributed by atoms with van der Waals surface area (Å²) in [6, 6.07) is 5.92. The van der Waals surface area contributed by atoms with E-state index in [4.69, 9.17) is 0 Å². The number of benzene rings is 1. The SMILES string of the molecule is CN(C)C[C@@]1(c2ccc(OC(F)(F)F)cc2)CCCC[C@@H]1O. The van der Waals surface area contributed by atoms with E-state index >= 15 is 0 Å². The molecular formula is C16H22F3NO2. The van der Waals surface area contributed by atoms with E-state index in [0.29, 0.717) is 13.0 Å². The summed E-state index contributed by atoms with van der Waals surface area (Å²) < 4.78 is 40.6. The molecule has 1 aromatic rings. The van der Waals surface area contributed by atoms with Crippen LogP contribution in [0.25, 0.3) is 0 Å². The monoisotopic (exact) mass is 317 g/mol. The van der Waals surface area contributed by atoms with E-state index in [9.17, 15) is 18.3 Å². The Hall–Kier alpha value is -1.27. The molecule has 0 amide bonds. The Labute approximate surface area is 128 Å². The number of likely N-dealkylation sites (N-methyl/N-ethyl adjacent to an activating group) is 1. The van der Waals surface area contributed by atoms with Crippen LogP contribution in [0, 0.1) is 0 Å². The van der Waals surface area contributed by atoms with Crippen molar-refractivity contribution in [3.63, 3.8) is 0 Å². The number of aliphatic hydroxyl groups is 1. The molecule has 1 saturated carbocycles. The Morgan fingerprint density at radius 2 is 1.86 bits per heavy atom. The lowest BCUT2D eigenvalue weighted by Crippen LogP contribution is -2.49. The molecule has 1 aliphatic rings. The highest BCUT2D eigenvalue weighted by Gasteiger charge is 2.42. The normalized spacial score (nSPS) is 26.2. The van der Waals surface area contributed by atoms with E-state index in [1.54, 1.807) is 12.1 Å². The van der Waals surface area contributed by atoms with Crippen LogP contribution in [0.1, 0.15) is 31.2 Å². The summed E-state index contributed by atoms with van der Waals surface area (Å²) in [4.78, 5) is 2.01. The molecule has 0 spiro atoms. The van der Waals surface area contributed by atoms with Crippen LogP contribution < -0.4 is 4.74 Å². The highest BCUT2D eigenvalue weighted by Crippen LogP contribution is 2.41. The summed E-state index contributed by atoms with van der Waals surface area (Å²) >= 11 is 0. The minimum absolute atomic E-state index is 0.235. The third-order valence-corrected chi connectivity index (χ3v) is 4.25. The average Bonchev–Trinajstić information content (AvgIpc) is 2.40. The number of rotatable bonds is 4. The number of hydrogen-bond donors (Lipinski definition) is 1. The summed E-state index contributed by atoms with van der Waals surface area (Å²) in [6.45, 7) is 0.660. The molecule has 0 bridgehead atoms. The van der Waals surface area contributed by atoms with Crippen LogP contribution in [-0.2, 0) is 5.41 Å². The number of ether oxygens (including phenoxy) is 1. The van der Waals surface area contributed by atoms with E-state index in [-0.39, 0.29) is 5.75 Å². The highest BCUT2D eigenvalue weighted by molar-refractivity contribution is 5.34.